The first-order valence-electron chi connectivity index (χ1n) is 9.76. The summed E-state index contributed by atoms with van der Waals surface area (Å²) in [5, 5.41) is 7.04. The highest BCUT2D eigenvalue weighted by Gasteiger charge is 2.20. The number of carbonyl (C=O) groups excluding carboxylic acids is 1. The number of amides is 1. The van der Waals surface area contributed by atoms with E-state index in [9.17, 15) is 4.79 Å². The molecule has 3 aromatic rings. The van der Waals surface area contributed by atoms with Crippen LogP contribution >= 0.6 is 34.5 Å². The number of halogens is 2. The average molecular weight is 461 g/mol. The van der Waals surface area contributed by atoms with Gasteiger partial charge >= 0.3 is 0 Å². The van der Waals surface area contributed by atoms with E-state index in [0.717, 1.165) is 49.0 Å². The maximum Gasteiger partial charge on any atom is 0.238 e. The number of aromatic nitrogens is 1. The van der Waals surface area contributed by atoms with Gasteiger partial charge in [-0.3, -0.25) is 14.6 Å². The van der Waals surface area contributed by atoms with Gasteiger partial charge in [0.15, 0.2) is 0 Å². The smallest absolute Gasteiger partial charge is 0.238 e. The summed E-state index contributed by atoms with van der Waals surface area (Å²) < 4.78 is 0. The number of anilines is 1. The summed E-state index contributed by atoms with van der Waals surface area (Å²) >= 11 is 13.7. The van der Waals surface area contributed by atoms with E-state index in [1.54, 1.807) is 29.5 Å². The fourth-order valence-electron chi connectivity index (χ4n) is 3.41. The van der Waals surface area contributed by atoms with Crippen molar-refractivity contribution in [2.45, 2.75) is 6.54 Å². The van der Waals surface area contributed by atoms with Crippen molar-refractivity contribution in [1.82, 2.24) is 14.8 Å². The second kappa shape index (κ2) is 9.90. The molecular weight excluding hydrogens is 439 g/mol. The molecule has 1 N–H and O–H groups in total. The topological polar surface area (TPSA) is 48.5 Å². The molecule has 4 rings (SSSR count). The second-order valence-electron chi connectivity index (χ2n) is 7.23. The molecule has 0 bridgehead atoms. The van der Waals surface area contributed by atoms with Crippen molar-refractivity contribution in [3.63, 3.8) is 0 Å². The predicted octanol–water partition coefficient (Wildman–Crippen LogP) is 4.87. The lowest BCUT2D eigenvalue weighted by Gasteiger charge is -2.33. The lowest BCUT2D eigenvalue weighted by atomic mass is 10.2. The van der Waals surface area contributed by atoms with E-state index in [0.29, 0.717) is 22.3 Å². The van der Waals surface area contributed by atoms with Gasteiger partial charge in [0.1, 0.15) is 5.01 Å². The van der Waals surface area contributed by atoms with Gasteiger partial charge in [-0.15, -0.1) is 11.3 Å². The van der Waals surface area contributed by atoms with Crippen LogP contribution in [0.1, 0.15) is 5.69 Å². The summed E-state index contributed by atoms with van der Waals surface area (Å²) in [5.41, 5.74) is 2.84. The van der Waals surface area contributed by atoms with Crippen LogP contribution in [0, 0.1) is 0 Å². The van der Waals surface area contributed by atoms with E-state index in [-0.39, 0.29) is 5.91 Å². The van der Waals surface area contributed by atoms with Crippen LogP contribution < -0.4 is 5.32 Å². The van der Waals surface area contributed by atoms with Gasteiger partial charge in [0.25, 0.3) is 0 Å². The van der Waals surface area contributed by atoms with Gasteiger partial charge in [0.2, 0.25) is 5.91 Å². The number of carbonyl (C=O) groups is 1. The average Bonchev–Trinajstić information content (AvgIpc) is 3.21. The number of thiazole rings is 1. The first-order chi connectivity index (χ1) is 14.6. The molecule has 8 heteroatoms. The van der Waals surface area contributed by atoms with Crippen LogP contribution in [0.5, 0.6) is 0 Å². The molecule has 1 aliphatic rings. The lowest BCUT2D eigenvalue weighted by Crippen LogP contribution is -2.48. The van der Waals surface area contributed by atoms with E-state index in [1.807, 2.05) is 18.2 Å². The summed E-state index contributed by atoms with van der Waals surface area (Å²) in [4.78, 5) is 21.7. The van der Waals surface area contributed by atoms with Crippen LogP contribution in [0.4, 0.5) is 5.69 Å². The van der Waals surface area contributed by atoms with E-state index in [1.165, 1.54) is 0 Å². The summed E-state index contributed by atoms with van der Waals surface area (Å²) in [5.74, 6) is -0.0697. The highest BCUT2D eigenvalue weighted by atomic mass is 35.5. The highest BCUT2D eigenvalue weighted by Crippen LogP contribution is 2.26. The number of benzene rings is 2. The van der Waals surface area contributed by atoms with E-state index in [4.69, 9.17) is 28.2 Å². The maximum atomic E-state index is 12.4. The Morgan fingerprint density at radius 1 is 1.03 bits per heavy atom. The molecule has 0 atom stereocenters. The molecule has 30 heavy (non-hydrogen) atoms. The van der Waals surface area contributed by atoms with Crippen molar-refractivity contribution in [2.75, 3.05) is 38.0 Å². The number of piperazine rings is 1. The predicted molar refractivity (Wildman–Crippen MR) is 124 cm³/mol. The lowest BCUT2D eigenvalue weighted by molar-refractivity contribution is -0.117. The Morgan fingerprint density at radius 2 is 1.77 bits per heavy atom. The molecule has 0 saturated carbocycles. The van der Waals surface area contributed by atoms with Gasteiger partial charge in [-0.2, -0.15) is 0 Å². The zero-order valence-corrected chi connectivity index (χ0v) is 18.7. The maximum absolute atomic E-state index is 12.4. The Labute approximate surface area is 190 Å². The zero-order chi connectivity index (χ0) is 20.9. The van der Waals surface area contributed by atoms with Gasteiger partial charge in [-0.05, 0) is 18.2 Å². The van der Waals surface area contributed by atoms with Crippen LogP contribution in [0.15, 0.2) is 53.9 Å². The zero-order valence-electron chi connectivity index (χ0n) is 16.4. The molecule has 5 nitrogen and oxygen atoms in total. The molecular formula is C22H22Cl2N4OS. The molecule has 1 saturated heterocycles. The Kier molecular flexibility index (Phi) is 7.02. The van der Waals surface area contributed by atoms with Gasteiger partial charge in [-0.25, -0.2) is 4.98 Å². The van der Waals surface area contributed by atoms with Gasteiger partial charge in [-0.1, -0.05) is 53.5 Å². The number of nitrogens with zero attached hydrogens (tertiary/aromatic N) is 3. The Morgan fingerprint density at radius 3 is 2.50 bits per heavy atom. The molecule has 2 aromatic carbocycles. The normalized spacial score (nSPS) is 15.3. The van der Waals surface area contributed by atoms with Crippen molar-refractivity contribution < 1.29 is 4.79 Å². The van der Waals surface area contributed by atoms with Crippen molar-refractivity contribution >= 4 is 46.1 Å². The minimum absolute atomic E-state index is 0.0697. The molecule has 1 amide bonds. The third-order valence-corrected chi connectivity index (χ3v) is 6.48. The van der Waals surface area contributed by atoms with Crippen molar-refractivity contribution in [3.05, 3.63) is 69.7 Å². The summed E-state index contributed by atoms with van der Waals surface area (Å²) in [7, 11) is 0. The highest BCUT2D eigenvalue weighted by molar-refractivity contribution is 7.13. The van der Waals surface area contributed by atoms with E-state index < -0.39 is 0 Å². The molecule has 0 radical (unpaired) electrons. The first-order valence-corrected chi connectivity index (χ1v) is 11.4. The van der Waals surface area contributed by atoms with Crippen molar-refractivity contribution in [1.29, 1.82) is 0 Å². The first kappa shape index (κ1) is 21.3. The summed E-state index contributed by atoms with van der Waals surface area (Å²) in [6.45, 7) is 4.70. The molecule has 1 fully saturated rings. The fraction of sp³-hybridized carbons (Fsp3) is 0.273. The van der Waals surface area contributed by atoms with Crippen LogP contribution in [-0.4, -0.2) is 53.4 Å². The van der Waals surface area contributed by atoms with E-state index in [2.05, 4.69) is 32.6 Å². The molecule has 156 valence electrons. The van der Waals surface area contributed by atoms with Crippen LogP contribution in [-0.2, 0) is 11.3 Å². The largest absolute Gasteiger partial charge is 0.324 e. The quantitative estimate of drug-likeness (QED) is 0.569. The van der Waals surface area contributed by atoms with Crippen LogP contribution in [0.2, 0.25) is 10.0 Å². The van der Waals surface area contributed by atoms with Gasteiger partial charge in [0, 0.05) is 48.7 Å². The molecule has 0 aliphatic carbocycles. The summed E-state index contributed by atoms with van der Waals surface area (Å²) in [6, 6.07) is 15.3. The Balaban J connectivity index is 1.24. The Hall–Kier alpha value is -1.96. The number of hydrogen-bond donors (Lipinski definition) is 1. The van der Waals surface area contributed by atoms with Gasteiger partial charge < -0.3 is 5.32 Å². The number of nitrogens with one attached hydrogen (secondary N) is 1. The minimum atomic E-state index is -0.0697. The third kappa shape index (κ3) is 5.59. The molecule has 2 heterocycles. The second-order valence-corrected chi connectivity index (χ2v) is 8.94. The van der Waals surface area contributed by atoms with Crippen molar-refractivity contribution in [2.24, 2.45) is 0 Å². The summed E-state index contributed by atoms with van der Waals surface area (Å²) in [6.07, 6.45) is 0. The standard InChI is InChI=1S/C22H22Cl2N4OS/c23-17-6-7-20(19(24)12-17)26-21(29)14-28-10-8-27(9-11-28)13-18-15-30-22(25-18)16-4-2-1-3-5-16/h1-7,12,15H,8-11,13-14H2,(H,26,29). The van der Waals surface area contributed by atoms with Crippen LogP contribution in [0.25, 0.3) is 10.6 Å². The molecule has 0 spiro atoms. The Bertz CT molecular complexity index is 1000. The SMILES string of the molecule is O=C(CN1CCN(Cc2csc(-c3ccccc3)n2)CC1)Nc1ccc(Cl)cc1Cl. The van der Waals surface area contributed by atoms with E-state index >= 15 is 0 Å². The molecule has 0 unspecified atom stereocenters. The minimum Gasteiger partial charge on any atom is -0.324 e. The molecule has 1 aliphatic heterocycles. The van der Waals surface area contributed by atoms with Crippen molar-refractivity contribution in [3.8, 4) is 10.6 Å². The van der Waals surface area contributed by atoms with Gasteiger partial charge in [0.05, 0.1) is 22.9 Å². The number of hydrogen-bond acceptors (Lipinski definition) is 5. The monoisotopic (exact) mass is 460 g/mol. The molecule has 1 aromatic heterocycles. The number of rotatable bonds is 6. The van der Waals surface area contributed by atoms with Crippen LogP contribution in [0.3, 0.4) is 0 Å². The third-order valence-electron chi connectivity index (χ3n) is 5.00. The fourth-order valence-corrected chi connectivity index (χ4v) is 4.68.